The Morgan fingerprint density at radius 3 is 2.80 bits per heavy atom. The van der Waals surface area contributed by atoms with E-state index in [2.05, 4.69) is 58.4 Å². The molecule has 1 unspecified atom stereocenters. The summed E-state index contributed by atoms with van der Waals surface area (Å²) >= 11 is 9.93. The molecule has 1 N–H and O–H groups in total. The summed E-state index contributed by atoms with van der Waals surface area (Å²) in [5, 5.41) is 8.42. The Morgan fingerprint density at radius 1 is 1.45 bits per heavy atom. The number of nitrogens with zero attached hydrogens (tertiary/aromatic N) is 2. The van der Waals surface area contributed by atoms with Crippen LogP contribution in [0.3, 0.4) is 0 Å². The van der Waals surface area contributed by atoms with Crippen molar-refractivity contribution in [1.29, 1.82) is 0 Å². The van der Waals surface area contributed by atoms with Crippen LogP contribution in [0.25, 0.3) is 0 Å². The summed E-state index contributed by atoms with van der Waals surface area (Å²) in [6.45, 7) is 5.08. The van der Waals surface area contributed by atoms with Gasteiger partial charge in [0.25, 0.3) is 0 Å². The van der Waals surface area contributed by atoms with Crippen LogP contribution in [0.15, 0.2) is 28.9 Å². The van der Waals surface area contributed by atoms with E-state index in [0.717, 1.165) is 23.1 Å². The van der Waals surface area contributed by atoms with Gasteiger partial charge in [0, 0.05) is 11.0 Å². The lowest BCUT2D eigenvalue weighted by molar-refractivity contribution is 0.534. The molecule has 108 valence electrons. The maximum atomic E-state index is 6.34. The van der Waals surface area contributed by atoms with E-state index in [0.29, 0.717) is 5.02 Å². The summed E-state index contributed by atoms with van der Waals surface area (Å²) < 4.78 is 3.09. The molecule has 3 nitrogen and oxygen atoms in total. The molecule has 0 aliphatic carbocycles. The molecule has 0 amide bonds. The van der Waals surface area contributed by atoms with Gasteiger partial charge in [0.05, 0.1) is 23.0 Å². The average Bonchev–Trinajstić information content (AvgIpc) is 2.77. The predicted octanol–water partition coefficient (Wildman–Crippen LogP) is 4.33. The first-order valence-corrected chi connectivity index (χ1v) is 7.90. The van der Waals surface area contributed by atoms with Gasteiger partial charge in [-0.1, -0.05) is 46.6 Å². The quantitative estimate of drug-likeness (QED) is 0.864. The average molecular weight is 357 g/mol. The van der Waals surface area contributed by atoms with E-state index in [1.54, 1.807) is 6.20 Å². The Hall–Kier alpha value is -0.840. The molecule has 2 aromatic rings. The topological polar surface area (TPSA) is 29.9 Å². The van der Waals surface area contributed by atoms with E-state index in [1.807, 2.05) is 11.7 Å². The third-order valence-corrected chi connectivity index (χ3v) is 4.51. The lowest BCUT2D eigenvalue weighted by Gasteiger charge is -2.20. The van der Waals surface area contributed by atoms with E-state index in [9.17, 15) is 0 Å². The molecular formula is C15H19BrClN3. The fourth-order valence-corrected chi connectivity index (χ4v) is 2.95. The first-order valence-electron chi connectivity index (χ1n) is 6.73. The highest BCUT2D eigenvalue weighted by Crippen LogP contribution is 2.30. The van der Waals surface area contributed by atoms with Gasteiger partial charge in [-0.25, -0.2) is 0 Å². The second-order valence-corrected chi connectivity index (χ2v) is 6.09. The van der Waals surface area contributed by atoms with Gasteiger partial charge in [-0.05, 0) is 37.6 Å². The van der Waals surface area contributed by atoms with Crippen molar-refractivity contribution in [2.75, 3.05) is 7.05 Å². The monoisotopic (exact) mass is 355 g/mol. The van der Waals surface area contributed by atoms with Crippen molar-refractivity contribution in [3.05, 3.63) is 50.7 Å². The molecule has 0 saturated carbocycles. The van der Waals surface area contributed by atoms with Crippen molar-refractivity contribution in [1.82, 2.24) is 15.1 Å². The van der Waals surface area contributed by atoms with Gasteiger partial charge in [0.2, 0.25) is 0 Å². The van der Waals surface area contributed by atoms with Gasteiger partial charge in [0.15, 0.2) is 0 Å². The highest BCUT2D eigenvalue weighted by Gasteiger charge is 2.21. The van der Waals surface area contributed by atoms with E-state index in [1.165, 1.54) is 11.1 Å². The number of aromatic nitrogens is 2. The molecule has 0 spiro atoms. The summed E-state index contributed by atoms with van der Waals surface area (Å²) in [6.07, 6.45) is 2.75. The minimum absolute atomic E-state index is 0.0356. The lowest BCUT2D eigenvalue weighted by atomic mass is 10.0. The number of aryl methyl sites for hydroxylation is 2. The van der Waals surface area contributed by atoms with E-state index >= 15 is 0 Å². The van der Waals surface area contributed by atoms with Gasteiger partial charge in [-0.2, -0.15) is 5.10 Å². The molecule has 5 heteroatoms. The standard InChI is InChI=1S/C15H19BrClN3/c1-4-7-20-15(13(17)9-19-20)14(18-3)11-6-5-10(2)12(16)8-11/h5-6,8-9,14,18H,4,7H2,1-3H3. The van der Waals surface area contributed by atoms with Crippen molar-refractivity contribution >= 4 is 27.5 Å². The van der Waals surface area contributed by atoms with E-state index in [-0.39, 0.29) is 6.04 Å². The Kier molecular flexibility index (Phi) is 5.24. The fraction of sp³-hybridized carbons (Fsp3) is 0.400. The van der Waals surface area contributed by atoms with Crippen molar-refractivity contribution in [2.45, 2.75) is 32.9 Å². The Balaban J connectivity index is 2.46. The highest BCUT2D eigenvalue weighted by molar-refractivity contribution is 9.10. The summed E-state index contributed by atoms with van der Waals surface area (Å²) in [5.74, 6) is 0. The van der Waals surface area contributed by atoms with E-state index in [4.69, 9.17) is 11.6 Å². The molecule has 0 fully saturated rings. The number of halogens is 2. The van der Waals surface area contributed by atoms with Crippen LogP contribution < -0.4 is 5.32 Å². The summed E-state index contributed by atoms with van der Waals surface area (Å²) in [6, 6.07) is 6.41. The molecule has 1 aromatic heterocycles. The van der Waals surface area contributed by atoms with Gasteiger partial charge >= 0.3 is 0 Å². The molecule has 0 aliphatic rings. The SMILES string of the molecule is CCCn1ncc(Cl)c1C(NC)c1ccc(C)c(Br)c1. The van der Waals surface area contributed by atoms with Gasteiger partial charge in [0.1, 0.15) is 0 Å². The number of rotatable bonds is 5. The molecule has 0 bridgehead atoms. The fourth-order valence-electron chi connectivity index (χ4n) is 2.30. The summed E-state index contributed by atoms with van der Waals surface area (Å²) in [7, 11) is 1.94. The second kappa shape index (κ2) is 6.74. The summed E-state index contributed by atoms with van der Waals surface area (Å²) in [5.41, 5.74) is 3.41. The van der Waals surface area contributed by atoms with Crippen LogP contribution in [0.1, 0.15) is 36.2 Å². The third-order valence-electron chi connectivity index (χ3n) is 3.36. The van der Waals surface area contributed by atoms with Crippen molar-refractivity contribution in [3.8, 4) is 0 Å². The Bertz CT molecular complexity index is 595. The normalized spacial score (nSPS) is 12.7. The summed E-state index contributed by atoms with van der Waals surface area (Å²) in [4.78, 5) is 0. The van der Waals surface area contributed by atoms with Crippen LogP contribution in [0.2, 0.25) is 5.02 Å². The molecule has 1 aromatic carbocycles. The lowest BCUT2D eigenvalue weighted by Crippen LogP contribution is -2.22. The zero-order valence-electron chi connectivity index (χ0n) is 12.0. The van der Waals surface area contributed by atoms with Gasteiger partial charge in [-0.15, -0.1) is 0 Å². The van der Waals surface area contributed by atoms with Gasteiger partial charge < -0.3 is 5.32 Å². The molecule has 20 heavy (non-hydrogen) atoms. The van der Waals surface area contributed by atoms with Crippen LogP contribution in [0.5, 0.6) is 0 Å². The zero-order chi connectivity index (χ0) is 14.7. The number of hydrogen-bond donors (Lipinski definition) is 1. The zero-order valence-corrected chi connectivity index (χ0v) is 14.3. The van der Waals surface area contributed by atoms with Crippen LogP contribution >= 0.6 is 27.5 Å². The third kappa shape index (κ3) is 3.08. The predicted molar refractivity (Wildman–Crippen MR) is 87.3 cm³/mol. The number of hydrogen-bond acceptors (Lipinski definition) is 2. The highest BCUT2D eigenvalue weighted by atomic mass is 79.9. The Labute approximate surface area is 133 Å². The minimum Gasteiger partial charge on any atom is -0.308 e. The van der Waals surface area contributed by atoms with Gasteiger partial charge in [-0.3, -0.25) is 4.68 Å². The maximum Gasteiger partial charge on any atom is 0.0837 e. The molecule has 0 saturated heterocycles. The van der Waals surface area contributed by atoms with Crippen LogP contribution in [0, 0.1) is 6.92 Å². The molecule has 1 atom stereocenters. The smallest absolute Gasteiger partial charge is 0.0837 e. The molecular weight excluding hydrogens is 338 g/mol. The maximum absolute atomic E-state index is 6.34. The van der Waals surface area contributed by atoms with Crippen molar-refractivity contribution < 1.29 is 0 Å². The Morgan fingerprint density at radius 2 is 2.20 bits per heavy atom. The minimum atomic E-state index is 0.0356. The van der Waals surface area contributed by atoms with Crippen molar-refractivity contribution in [2.24, 2.45) is 0 Å². The number of nitrogens with one attached hydrogen (secondary N) is 1. The van der Waals surface area contributed by atoms with Crippen molar-refractivity contribution in [3.63, 3.8) is 0 Å². The first kappa shape index (κ1) is 15.5. The second-order valence-electron chi connectivity index (χ2n) is 4.83. The molecule has 0 aliphatic heterocycles. The molecule has 2 rings (SSSR count). The molecule has 1 heterocycles. The first-order chi connectivity index (χ1) is 9.58. The largest absolute Gasteiger partial charge is 0.308 e. The van der Waals surface area contributed by atoms with Crippen LogP contribution in [-0.4, -0.2) is 16.8 Å². The number of benzene rings is 1. The van der Waals surface area contributed by atoms with Crippen LogP contribution in [0.4, 0.5) is 0 Å². The molecule has 0 radical (unpaired) electrons. The van der Waals surface area contributed by atoms with Crippen LogP contribution in [-0.2, 0) is 6.54 Å². The van der Waals surface area contributed by atoms with E-state index < -0.39 is 0 Å².